The van der Waals surface area contributed by atoms with E-state index in [2.05, 4.69) is 5.32 Å². The van der Waals surface area contributed by atoms with Crippen LogP contribution >= 0.6 is 23.2 Å². The third kappa shape index (κ3) is 7.03. The minimum Gasteiger partial charge on any atom is -0.355 e. The van der Waals surface area contributed by atoms with E-state index >= 15 is 0 Å². The molecule has 1 atom stereocenters. The van der Waals surface area contributed by atoms with E-state index < -0.39 is 40.2 Å². The summed E-state index contributed by atoms with van der Waals surface area (Å²) in [4.78, 5) is 27.6. The molecule has 38 heavy (non-hydrogen) atoms. The molecule has 0 aromatic heterocycles. The molecule has 7 nitrogen and oxygen atoms in total. The Morgan fingerprint density at radius 3 is 2.21 bits per heavy atom. The highest BCUT2D eigenvalue weighted by Gasteiger charge is 2.32. The number of benzene rings is 3. The lowest BCUT2D eigenvalue weighted by molar-refractivity contribution is -0.139. The quantitative estimate of drug-likeness (QED) is 0.358. The molecule has 1 N–H and O–H groups in total. The maximum absolute atomic E-state index is 13.8. The van der Waals surface area contributed by atoms with Gasteiger partial charge >= 0.3 is 0 Å². The van der Waals surface area contributed by atoms with Crippen molar-refractivity contribution in [3.8, 4) is 0 Å². The highest BCUT2D eigenvalue weighted by Crippen LogP contribution is 2.27. The van der Waals surface area contributed by atoms with Gasteiger partial charge in [0.15, 0.2) is 0 Å². The number of sulfonamides is 1. The minimum atomic E-state index is -4.28. The van der Waals surface area contributed by atoms with Crippen LogP contribution in [0, 0.1) is 12.7 Å². The van der Waals surface area contributed by atoms with Crippen molar-refractivity contribution in [1.29, 1.82) is 0 Å². The van der Waals surface area contributed by atoms with E-state index in [9.17, 15) is 22.4 Å². The number of halogens is 3. The number of nitrogens with one attached hydrogen (secondary N) is 1. The molecule has 0 fully saturated rings. The second kappa shape index (κ2) is 12.6. The summed E-state index contributed by atoms with van der Waals surface area (Å²) in [5.74, 6) is -1.64. The molecule has 202 valence electrons. The lowest BCUT2D eigenvalue weighted by atomic mass is 10.1. The van der Waals surface area contributed by atoms with Crippen molar-refractivity contribution >= 4 is 50.7 Å². The monoisotopic (exact) mass is 579 g/mol. The maximum atomic E-state index is 13.8. The van der Waals surface area contributed by atoms with Crippen molar-refractivity contribution in [2.75, 3.05) is 17.4 Å². The molecule has 0 bridgehead atoms. The molecule has 0 saturated heterocycles. The second-order valence-electron chi connectivity index (χ2n) is 8.63. The summed E-state index contributed by atoms with van der Waals surface area (Å²) in [6.45, 7) is 4.82. The van der Waals surface area contributed by atoms with E-state index in [-0.39, 0.29) is 17.1 Å². The summed E-state index contributed by atoms with van der Waals surface area (Å²) in [5, 5.41) is 3.39. The molecule has 0 radical (unpaired) electrons. The molecular formula is C27H28Cl2FN3O4S. The first-order chi connectivity index (χ1) is 17.9. The van der Waals surface area contributed by atoms with Crippen LogP contribution in [-0.4, -0.2) is 44.3 Å². The predicted molar refractivity (Wildman–Crippen MR) is 147 cm³/mol. The van der Waals surface area contributed by atoms with Crippen LogP contribution in [0.15, 0.2) is 71.6 Å². The zero-order chi connectivity index (χ0) is 28.0. The zero-order valence-corrected chi connectivity index (χ0v) is 23.4. The van der Waals surface area contributed by atoms with Gasteiger partial charge in [-0.05, 0) is 74.9 Å². The van der Waals surface area contributed by atoms with Crippen molar-refractivity contribution in [3.05, 3.63) is 93.7 Å². The second-order valence-corrected chi connectivity index (χ2v) is 11.3. The van der Waals surface area contributed by atoms with Gasteiger partial charge in [0.1, 0.15) is 18.4 Å². The standard InChI is InChI=1S/C27H28Cl2FN3O4S/c1-4-31-27(35)19(3)32(16-20-7-8-21(28)15-25(20)29)26(34)17-33(23-11-5-18(2)6-12-23)38(36,37)24-13-9-22(30)10-14-24/h5-15,19H,4,16-17H2,1-3H3,(H,31,35)/t19-/m0/s1. The van der Waals surface area contributed by atoms with Crippen molar-refractivity contribution in [3.63, 3.8) is 0 Å². The zero-order valence-electron chi connectivity index (χ0n) is 21.1. The van der Waals surface area contributed by atoms with Gasteiger partial charge in [-0.25, -0.2) is 12.8 Å². The largest absolute Gasteiger partial charge is 0.355 e. The fraction of sp³-hybridized carbons (Fsp3) is 0.259. The van der Waals surface area contributed by atoms with Crippen LogP contribution in [0.1, 0.15) is 25.0 Å². The molecule has 0 spiro atoms. The SMILES string of the molecule is CCNC(=O)[C@H](C)N(Cc1ccc(Cl)cc1Cl)C(=O)CN(c1ccc(C)cc1)S(=O)(=O)c1ccc(F)cc1. The van der Waals surface area contributed by atoms with Gasteiger partial charge in [-0.3, -0.25) is 13.9 Å². The Labute approximate surface area is 232 Å². The molecular weight excluding hydrogens is 552 g/mol. The average molecular weight is 581 g/mol. The number of likely N-dealkylation sites (N-methyl/N-ethyl adjacent to an activating group) is 1. The van der Waals surface area contributed by atoms with Crippen LogP contribution in [0.3, 0.4) is 0 Å². The van der Waals surface area contributed by atoms with E-state index in [1.165, 1.54) is 11.0 Å². The lowest BCUT2D eigenvalue weighted by Crippen LogP contribution is -2.51. The molecule has 0 heterocycles. The topological polar surface area (TPSA) is 86.8 Å². The normalized spacial score (nSPS) is 12.1. The van der Waals surface area contributed by atoms with E-state index in [0.717, 1.165) is 34.1 Å². The molecule has 3 aromatic rings. The molecule has 0 aliphatic carbocycles. The van der Waals surface area contributed by atoms with Crippen LogP contribution in [0.4, 0.5) is 10.1 Å². The molecule has 11 heteroatoms. The molecule has 0 aliphatic heterocycles. The van der Waals surface area contributed by atoms with Crippen molar-refractivity contribution < 1.29 is 22.4 Å². The number of carbonyl (C=O) groups is 2. The molecule has 0 saturated carbocycles. The summed E-state index contributed by atoms with van der Waals surface area (Å²) in [5.41, 5.74) is 1.66. The minimum absolute atomic E-state index is 0.0640. The number of anilines is 1. The Kier molecular flexibility index (Phi) is 9.76. The molecule has 0 aliphatic rings. The van der Waals surface area contributed by atoms with E-state index in [1.807, 2.05) is 6.92 Å². The molecule has 3 rings (SSSR count). The van der Waals surface area contributed by atoms with Crippen LogP contribution in [-0.2, 0) is 26.2 Å². The van der Waals surface area contributed by atoms with Gasteiger partial charge in [-0.15, -0.1) is 0 Å². The van der Waals surface area contributed by atoms with E-state index in [1.54, 1.807) is 50.2 Å². The van der Waals surface area contributed by atoms with Crippen molar-refractivity contribution in [2.24, 2.45) is 0 Å². The van der Waals surface area contributed by atoms with Gasteiger partial charge in [-0.2, -0.15) is 0 Å². The average Bonchev–Trinajstić information content (AvgIpc) is 2.87. The Morgan fingerprint density at radius 2 is 1.63 bits per heavy atom. The fourth-order valence-electron chi connectivity index (χ4n) is 3.71. The van der Waals surface area contributed by atoms with Crippen molar-refractivity contribution in [2.45, 2.75) is 38.3 Å². The maximum Gasteiger partial charge on any atom is 0.264 e. The Bertz CT molecular complexity index is 1400. The Hall–Kier alpha value is -3.14. The van der Waals surface area contributed by atoms with E-state index in [0.29, 0.717) is 22.2 Å². The van der Waals surface area contributed by atoms with Gasteiger partial charge in [0.05, 0.1) is 10.6 Å². The number of aryl methyl sites for hydroxylation is 1. The molecule has 3 aromatic carbocycles. The van der Waals surface area contributed by atoms with Gasteiger partial charge in [0, 0.05) is 23.1 Å². The third-order valence-corrected chi connectivity index (χ3v) is 8.25. The molecule has 0 unspecified atom stereocenters. The summed E-state index contributed by atoms with van der Waals surface area (Å²) in [6, 6.07) is 14.8. The van der Waals surface area contributed by atoms with Crippen LogP contribution in [0.25, 0.3) is 0 Å². The van der Waals surface area contributed by atoms with Crippen LogP contribution < -0.4 is 9.62 Å². The smallest absolute Gasteiger partial charge is 0.264 e. The summed E-state index contributed by atoms with van der Waals surface area (Å²) < 4.78 is 41.8. The number of carbonyl (C=O) groups excluding carboxylic acids is 2. The number of hydrogen-bond acceptors (Lipinski definition) is 4. The van der Waals surface area contributed by atoms with Gasteiger partial charge in [0.2, 0.25) is 11.8 Å². The molecule has 2 amide bonds. The summed E-state index contributed by atoms with van der Waals surface area (Å²) in [6.07, 6.45) is 0. The first-order valence-corrected chi connectivity index (χ1v) is 14.0. The van der Waals surface area contributed by atoms with Gasteiger partial charge < -0.3 is 10.2 Å². The highest BCUT2D eigenvalue weighted by atomic mass is 35.5. The van der Waals surface area contributed by atoms with Crippen LogP contribution in [0.5, 0.6) is 0 Å². The Morgan fingerprint density at radius 1 is 1.00 bits per heavy atom. The summed E-state index contributed by atoms with van der Waals surface area (Å²) >= 11 is 12.4. The Balaban J connectivity index is 2.04. The lowest BCUT2D eigenvalue weighted by Gasteiger charge is -2.32. The van der Waals surface area contributed by atoms with E-state index in [4.69, 9.17) is 23.2 Å². The van der Waals surface area contributed by atoms with Gasteiger partial charge in [0.25, 0.3) is 10.0 Å². The fourth-order valence-corrected chi connectivity index (χ4v) is 5.59. The third-order valence-electron chi connectivity index (χ3n) is 5.88. The number of amides is 2. The number of hydrogen-bond donors (Lipinski definition) is 1. The number of rotatable bonds is 10. The highest BCUT2D eigenvalue weighted by molar-refractivity contribution is 7.92. The first kappa shape index (κ1) is 29.4. The van der Waals surface area contributed by atoms with Crippen molar-refractivity contribution in [1.82, 2.24) is 10.2 Å². The summed E-state index contributed by atoms with van der Waals surface area (Å²) in [7, 11) is -4.28. The number of nitrogens with zero attached hydrogens (tertiary/aromatic N) is 2. The first-order valence-electron chi connectivity index (χ1n) is 11.8. The van der Waals surface area contributed by atoms with Crippen LogP contribution in [0.2, 0.25) is 10.0 Å². The van der Waals surface area contributed by atoms with Gasteiger partial charge in [-0.1, -0.05) is 47.0 Å². The predicted octanol–water partition coefficient (Wildman–Crippen LogP) is 5.19.